The Kier molecular flexibility index (Phi) is 5.79. The summed E-state index contributed by atoms with van der Waals surface area (Å²) in [5, 5.41) is 3.42. The van der Waals surface area contributed by atoms with Crippen LogP contribution in [-0.4, -0.2) is 41.7 Å². The Morgan fingerprint density at radius 3 is 2.57 bits per heavy atom. The minimum absolute atomic E-state index is 0.129. The van der Waals surface area contributed by atoms with Gasteiger partial charge in [0.05, 0.1) is 6.10 Å². The molecule has 118 valence electrons. The van der Waals surface area contributed by atoms with Crippen LogP contribution in [-0.2, 0) is 0 Å². The van der Waals surface area contributed by atoms with Gasteiger partial charge in [0.1, 0.15) is 12.1 Å². The van der Waals surface area contributed by atoms with E-state index < -0.39 is 0 Å². The van der Waals surface area contributed by atoms with Crippen LogP contribution in [0.4, 0.5) is 5.82 Å². The Bertz CT molecular complexity index is 430. The van der Waals surface area contributed by atoms with Gasteiger partial charge in [0, 0.05) is 18.7 Å². The van der Waals surface area contributed by atoms with Crippen molar-refractivity contribution in [3.05, 3.63) is 12.4 Å². The highest BCUT2D eigenvalue weighted by Gasteiger charge is 2.20. The van der Waals surface area contributed by atoms with Gasteiger partial charge in [0.2, 0.25) is 5.88 Å². The molecule has 5 nitrogen and oxygen atoms in total. The maximum Gasteiger partial charge on any atom is 0.218 e. The van der Waals surface area contributed by atoms with Crippen molar-refractivity contribution in [3.63, 3.8) is 0 Å². The molecule has 0 aromatic carbocycles. The summed E-state index contributed by atoms with van der Waals surface area (Å²) in [5.41, 5.74) is 0. The summed E-state index contributed by atoms with van der Waals surface area (Å²) in [4.78, 5) is 11.0. The third-order valence-electron chi connectivity index (χ3n) is 3.82. The van der Waals surface area contributed by atoms with Gasteiger partial charge in [-0.05, 0) is 59.5 Å². The lowest BCUT2D eigenvalue weighted by Gasteiger charge is -2.33. The van der Waals surface area contributed by atoms with Gasteiger partial charge in [-0.2, -0.15) is 0 Å². The smallest absolute Gasteiger partial charge is 0.218 e. The second kappa shape index (κ2) is 7.59. The molecule has 0 bridgehead atoms. The predicted octanol–water partition coefficient (Wildman–Crippen LogP) is 2.48. The summed E-state index contributed by atoms with van der Waals surface area (Å²) in [6, 6.07) is 2.38. The van der Waals surface area contributed by atoms with Crippen LogP contribution in [0.3, 0.4) is 0 Å². The molecule has 0 aliphatic carbocycles. The molecule has 0 unspecified atom stereocenters. The third-order valence-corrected chi connectivity index (χ3v) is 3.82. The van der Waals surface area contributed by atoms with E-state index in [1.54, 1.807) is 6.33 Å². The van der Waals surface area contributed by atoms with E-state index in [1.807, 2.05) is 19.9 Å². The van der Waals surface area contributed by atoms with Crippen LogP contribution in [0.1, 0.15) is 40.5 Å². The standard InChI is InChI=1S/C16H28N4O/c1-12(2)20(10-14-5-7-17-8-6-14)15-9-16(19-11-18-15)21-13(3)4/h9,11-14,17H,5-8,10H2,1-4H3. The minimum atomic E-state index is 0.129. The van der Waals surface area contributed by atoms with E-state index in [1.165, 1.54) is 12.8 Å². The van der Waals surface area contributed by atoms with Crippen molar-refractivity contribution in [3.8, 4) is 5.88 Å². The molecule has 1 aromatic rings. The number of rotatable bonds is 6. The molecule has 1 N–H and O–H groups in total. The Hall–Kier alpha value is -1.36. The van der Waals surface area contributed by atoms with Gasteiger partial charge < -0.3 is 15.0 Å². The SMILES string of the molecule is CC(C)Oc1cc(N(CC2CCNCC2)C(C)C)ncn1. The summed E-state index contributed by atoms with van der Waals surface area (Å²) in [7, 11) is 0. The van der Waals surface area contributed by atoms with Crippen molar-refractivity contribution < 1.29 is 4.74 Å². The summed E-state index contributed by atoms with van der Waals surface area (Å²) in [5.74, 6) is 2.36. The van der Waals surface area contributed by atoms with Gasteiger partial charge in [0.15, 0.2) is 0 Å². The van der Waals surface area contributed by atoms with E-state index in [4.69, 9.17) is 4.74 Å². The number of anilines is 1. The van der Waals surface area contributed by atoms with E-state index in [0.717, 1.165) is 31.4 Å². The zero-order chi connectivity index (χ0) is 15.2. The van der Waals surface area contributed by atoms with E-state index >= 15 is 0 Å². The van der Waals surface area contributed by atoms with Crippen molar-refractivity contribution in [2.75, 3.05) is 24.5 Å². The molecule has 0 spiro atoms. The van der Waals surface area contributed by atoms with Crippen molar-refractivity contribution in [2.45, 2.75) is 52.7 Å². The number of aromatic nitrogens is 2. The maximum absolute atomic E-state index is 5.69. The molecule has 21 heavy (non-hydrogen) atoms. The average molecular weight is 292 g/mol. The molecule has 2 rings (SSSR count). The van der Waals surface area contributed by atoms with Crippen molar-refractivity contribution >= 4 is 5.82 Å². The van der Waals surface area contributed by atoms with Gasteiger partial charge in [-0.25, -0.2) is 9.97 Å². The fourth-order valence-electron chi connectivity index (χ4n) is 2.70. The molecule has 0 atom stereocenters. The largest absolute Gasteiger partial charge is 0.475 e. The quantitative estimate of drug-likeness (QED) is 0.873. The first-order chi connectivity index (χ1) is 10.1. The van der Waals surface area contributed by atoms with E-state index in [2.05, 4.69) is 34.0 Å². The Morgan fingerprint density at radius 2 is 1.95 bits per heavy atom. The fourth-order valence-corrected chi connectivity index (χ4v) is 2.70. The molecule has 1 saturated heterocycles. The highest BCUT2D eigenvalue weighted by molar-refractivity contribution is 5.41. The van der Waals surface area contributed by atoms with Crippen LogP contribution in [0.15, 0.2) is 12.4 Å². The van der Waals surface area contributed by atoms with Crippen LogP contribution in [0, 0.1) is 5.92 Å². The Labute approximate surface area is 128 Å². The number of nitrogens with one attached hydrogen (secondary N) is 1. The lowest BCUT2D eigenvalue weighted by atomic mass is 9.97. The molecular weight excluding hydrogens is 264 g/mol. The number of ether oxygens (including phenoxy) is 1. The number of piperidine rings is 1. The van der Waals surface area contributed by atoms with Crippen LogP contribution < -0.4 is 15.0 Å². The van der Waals surface area contributed by atoms with Gasteiger partial charge in [-0.1, -0.05) is 0 Å². The summed E-state index contributed by atoms with van der Waals surface area (Å²) in [6.45, 7) is 11.8. The normalized spacial score (nSPS) is 16.5. The van der Waals surface area contributed by atoms with E-state index in [-0.39, 0.29) is 6.10 Å². The second-order valence-corrected chi connectivity index (χ2v) is 6.32. The summed E-state index contributed by atoms with van der Waals surface area (Å²) < 4.78 is 5.69. The molecule has 0 saturated carbocycles. The second-order valence-electron chi connectivity index (χ2n) is 6.32. The molecule has 0 amide bonds. The Morgan fingerprint density at radius 1 is 1.24 bits per heavy atom. The number of hydrogen-bond acceptors (Lipinski definition) is 5. The first-order valence-corrected chi connectivity index (χ1v) is 8.02. The van der Waals surface area contributed by atoms with E-state index in [0.29, 0.717) is 11.9 Å². The fraction of sp³-hybridized carbons (Fsp3) is 0.750. The number of nitrogens with zero attached hydrogens (tertiary/aromatic N) is 3. The Balaban J connectivity index is 2.09. The van der Waals surface area contributed by atoms with Crippen LogP contribution in [0.25, 0.3) is 0 Å². The summed E-state index contributed by atoms with van der Waals surface area (Å²) >= 11 is 0. The lowest BCUT2D eigenvalue weighted by Crippen LogP contribution is -2.40. The monoisotopic (exact) mass is 292 g/mol. The summed E-state index contributed by atoms with van der Waals surface area (Å²) in [6.07, 6.45) is 4.21. The molecule has 1 fully saturated rings. The molecule has 2 heterocycles. The van der Waals surface area contributed by atoms with Crippen LogP contribution in [0.5, 0.6) is 5.88 Å². The number of hydrogen-bond donors (Lipinski definition) is 1. The molecule has 5 heteroatoms. The zero-order valence-electron chi connectivity index (χ0n) is 13.7. The van der Waals surface area contributed by atoms with Crippen molar-refractivity contribution in [1.82, 2.24) is 15.3 Å². The first kappa shape index (κ1) is 16.0. The molecular formula is C16H28N4O. The van der Waals surface area contributed by atoms with Crippen LogP contribution in [0.2, 0.25) is 0 Å². The molecule has 1 aromatic heterocycles. The van der Waals surface area contributed by atoms with Crippen LogP contribution >= 0.6 is 0 Å². The predicted molar refractivity (Wildman–Crippen MR) is 85.9 cm³/mol. The first-order valence-electron chi connectivity index (χ1n) is 8.02. The van der Waals surface area contributed by atoms with Gasteiger partial charge in [0.25, 0.3) is 0 Å². The highest BCUT2D eigenvalue weighted by Crippen LogP contribution is 2.22. The highest BCUT2D eigenvalue weighted by atomic mass is 16.5. The van der Waals surface area contributed by atoms with Gasteiger partial charge in [-0.3, -0.25) is 0 Å². The lowest BCUT2D eigenvalue weighted by molar-refractivity contribution is 0.232. The molecule has 1 aliphatic rings. The molecule has 1 aliphatic heterocycles. The van der Waals surface area contributed by atoms with E-state index in [9.17, 15) is 0 Å². The van der Waals surface area contributed by atoms with Gasteiger partial charge in [-0.15, -0.1) is 0 Å². The molecule has 0 radical (unpaired) electrons. The maximum atomic E-state index is 5.69. The zero-order valence-corrected chi connectivity index (χ0v) is 13.7. The van der Waals surface area contributed by atoms with Crippen molar-refractivity contribution in [2.24, 2.45) is 5.92 Å². The third kappa shape index (κ3) is 4.84. The van der Waals surface area contributed by atoms with Gasteiger partial charge >= 0.3 is 0 Å². The van der Waals surface area contributed by atoms with Crippen molar-refractivity contribution in [1.29, 1.82) is 0 Å². The average Bonchev–Trinajstić information content (AvgIpc) is 2.45. The minimum Gasteiger partial charge on any atom is -0.475 e. The topological polar surface area (TPSA) is 50.3 Å².